The van der Waals surface area contributed by atoms with Gasteiger partial charge in [0.25, 0.3) is 5.91 Å². The van der Waals surface area contributed by atoms with Crippen LogP contribution in [0.1, 0.15) is 23.1 Å². The highest BCUT2D eigenvalue weighted by molar-refractivity contribution is 7.80. The predicted octanol–water partition coefficient (Wildman–Crippen LogP) is 4.85. The number of benzene rings is 2. The Morgan fingerprint density at radius 1 is 1.20 bits per heavy atom. The van der Waals surface area contributed by atoms with Crippen LogP contribution < -0.4 is 10.6 Å². The summed E-state index contributed by atoms with van der Waals surface area (Å²) in [6.45, 7) is 2.01. The zero-order valence-electron chi connectivity index (χ0n) is 15.5. The number of rotatable bonds is 4. The third-order valence-corrected chi connectivity index (χ3v) is 5.86. The standard InChI is InChI=1S/C19H14Cl2N6OS2/c1-2-15-24-25-19-27(15)26-17(30-19)10-4-3-5-12(8-10)22-18(29)23-16(28)13-9-11(20)6-7-14(13)21/h3-9H,2H2,1H3,(H2,22,23,28,29). The van der Waals surface area contributed by atoms with Gasteiger partial charge >= 0.3 is 0 Å². The summed E-state index contributed by atoms with van der Waals surface area (Å²) in [5.74, 6) is 0.363. The van der Waals surface area contributed by atoms with E-state index in [1.807, 2.05) is 31.2 Å². The summed E-state index contributed by atoms with van der Waals surface area (Å²) in [6, 6.07) is 12.2. The van der Waals surface area contributed by atoms with Gasteiger partial charge in [0.1, 0.15) is 5.01 Å². The second-order valence-electron chi connectivity index (χ2n) is 6.18. The van der Waals surface area contributed by atoms with Crippen LogP contribution in [0, 0.1) is 0 Å². The molecule has 0 saturated carbocycles. The van der Waals surface area contributed by atoms with Gasteiger partial charge in [-0.25, -0.2) is 0 Å². The van der Waals surface area contributed by atoms with Gasteiger partial charge in [-0.3, -0.25) is 10.1 Å². The molecule has 0 atom stereocenters. The minimum absolute atomic E-state index is 0.139. The maximum absolute atomic E-state index is 12.4. The normalized spacial score (nSPS) is 10.9. The summed E-state index contributed by atoms with van der Waals surface area (Å²) in [5.41, 5.74) is 1.84. The number of carbonyl (C=O) groups is 1. The van der Waals surface area contributed by atoms with E-state index >= 15 is 0 Å². The Hall–Kier alpha value is -2.59. The number of nitrogens with one attached hydrogen (secondary N) is 2. The van der Waals surface area contributed by atoms with E-state index in [2.05, 4.69) is 25.9 Å². The molecule has 152 valence electrons. The third kappa shape index (κ3) is 4.29. The molecular weight excluding hydrogens is 463 g/mol. The highest BCUT2D eigenvalue weighted by Crippen LogP contribution is 2.27. The molecule has 4 rings (SSSR count). The van der Waals surface area contributed by atoms with Crippen molar-refractivity contribution in [3.8, 4) is 10.6 Å². The lowest BCUT2D eigenvalue weighted by molar-refractivity contribution is 0.0978. The average Bonchev–Trinajstić information content (AvgIpc) is 3.30. The Morgan fingerprint density at radius 2 is 2.03 bits per heavy atom. The minimum atomic E-state index is -0.447. The fourth-order valence-corrected chi connectivity index (χ4v) is 4.17. The third-order valence-electron chi connectivity index (χ3n) is 4.14. The topological polar surface area (TPSA) is 84.2 Å². The maximum Gasteiger partial charge on any atom is 0.258 e. The molecule has 2 N–H and O–H groups in total. The molecule has 0 spiro atoms. The van der Waals surface area contributed by atoms with Crippen molar-refractivity contribution in [3.05, 3.63) is 63.9 Å². The van der Waals surface area contributed by atoms with E-state index in [4.69, 9.17) is 35.4 Å². The molecule has 4 aromatic rings. The van der Waals surface area contributed by atoms with Crippen molar-refractivity contribution in [3.63, 3.8) is 0 Å². The molecule has 2 aromatic heterocycles. The summed E-state index contributed by atoms with van der Waals surface area (Å²) in [7, 11) is 0. The first-order chi connectivity index (χ1) is 14.4. The summed E-state index contributed by atoms with van der Waals surface area (Å²) in [4.78, 5) is 13.2. The molecule has 0 fully saturated rings. The number of anilines is 1. The minimum Gasteiger partial charge on any atom is -0.332 e. The molecule has 0 aliphatic carbocycles. The lowest BCUT2D eigenvalue weighted by atomic mass is 10.2. The van der Waals surface area contributed by atoms with E-state index in [1.165, 1.54) is 17.4 Å². The number of hydrogen-bond acceptors (Lipinski definition) is 6. The van der Waals surface area contributed by atoms with Crippen LogP contribution in [0.3, 0.4) is 0 Å². The molecular formula is C19H14Cl2N6OS2. The molecule has 7 nitrogen and oxygen atoms in total. The van der Waals surface area contributed by atoms with Crippen molar-refractivity contribution in [2.75, 3.05) is 5.32 Å². The van der Waals surface area contributed by atoms with Crippen molar-refractivity contribution in [2.45, 2.75) is 13.3 Å². The smallest absolute Gasteiger partial charge is 0.258 e. The van der Waals surface area contributed by atoms with Crippen LogP contribution in [0.5, 0.6) is 0 Å². The number of nitrogens with zero attached hydrogens (tertiary/aromatic N) is 4. The Labute approximate surface area is 191 Å². The van der Waals surface area contributed by atoms with E-state index in [0.29, 0.717) is 10.7 Å². The van der Waals surface area contributed by atoms with Crippen LogP contribution in [0.2, 0.25) is 10.0 Å². The van der Waals surface area contributed by atoms with Crippen LogP contribution >= 0.6 is 46.8 Å². The van der Waals surface area contributed by atoms with Crippen LogP contribution in [-0.2, 0) is 6.42 Å². The number of thiocarbonyl (C=S) groups is 1. The summed E-state index contributed by atoms with van der Waals surface area (Å²) in [5, 5.41) is 20.1. The van der Waals surface area contributed by atoms with Crippen molar-refractivity contribution >= 4 is 68.4 Å². The van der Waals surface area contributed by atoms with E-state index in [0.717, 1.165) is 27.8 Å². The molecule has 0 bridgehead atoms. The molecule has 0 aliphatic heterocycles. The van der Waals surface area contributed by atoms with Gasteiger partial charge in [-0.15, -0.1) is 10.2 Å². The van der Waals surface area contributed by atoms with Gasteiger partial charge in [0.05, 0.1) is 10.6 Å². The first kappa shape index (κ1) is 20.7. The number of halogens is 2. The maximum atomic E-state index is 12.4. The Bertz CT molecular complexity index is 1270. The van der Waals surface area contributed by atoms with Crippen molar-refractivity contribution in [1.82, 2.24) is 25.1 Å². The lowest BCUT2D eigenvalue weighted by Gasteiger charge is -2.11. The summed E-state index contributed by atoms with van der Waals surface area (Å²) in [6.07, 6.45) is 0.747. The predicted molar refractivity (Wildman–Crippen MR) is 124 cm³/mol. The van der Waals surface area contributed by atoms with Crippen LogP contribution in [0.4, 0.5) is 5.69 Å². The molecule has 2 heterocycles. The zero-order valence-corrected chi connectivity index (χ0v) is 18.7. The molecule has 0 saturated heterocycles. The molecule has 0 radical (unpaired) electrons. The van der Waals surface area contributed by atoms with E-state index in [-0.39, 0.29) is 15.7 Å². The van der Waals surface area contributed by atoms with E-state index in [1.54, 1.807) is 16.6 Å². The quantitative estimate of drug-likeness (QED) is 0.409. The van der Waals surface area contributed by atoms with Gasteiger partial charge < -0.3 is 5.32 Å². The first-order valence-corrected chi connectivity index (χ1v) is 10.8. The number of hydrogen-bond donors (Lipinski definition) is 2. The molecule has 2 aromatic carbocycles. The number of aromatic nitrogens is 4. The van der Waals surface area contributed by atoms with Gasteiger partial charge in [0, 0.05) is 22.7 Å². The number of fused-ring (bicyclic) bond motifs is 1. The lowest BCUT2D eigenvalue weighted by Crippen LogP contribution is -2.34. The molecule has 0 aliphatic rings. The van der Waals surface area contributed by atoms with Gasteiger partial charge in [0.2, 0.25) is 4.96 Å². The van der Waals surface area contributed by atoms with E-state index < -0.39 is 5.91 Å². The molecule has 11 heteroatoms. The highest BCUT2D eigenvalue weighted by atomic mass is 35.5. The fraction of sp³-hybridized carbons (Fsp3) is 0.105. The summed E-state index contributed by atoms with van der Waals surface area (Å²) >= 11 is 18.7. The van der Waals surface area contributed by atoms with Crippen molar-refractivity contribution in [1.29, 1.82) is 0 Å². The second kappa shape index (κ2) is 8.65. The highest BCUT2D eigenvalue weighted by Gasteiger charge is 2.14. The number of carbonyl (C=O) groups excluding carboxylic acids is 1. The van der Waals surface area contributed by atoms with Gasteiger partial charge in [0.15, 0.2) is 10.9 Å². The SMILES string of the molecule is CCc1nnc2sc(-c3cccc(NC(=S)NC(=O)c4cc(Cl)ccc4Cl)c3)nn12. The largest absolute Gasteiger partial charge is 0.332 e. The Morgan fingerprint density at radius 3 is 2.83 bits per heavy atom. The van der Waals surface area contributed by atoms with Crippen LogP contribution in [-0.4, -0.2) is 30.8 Å². The average molecular weight is 477 g/mol. The zero-order chi connectivity index (χ0) is 21.3. The van der Waals surface area contributed by atoms with Crippen molar-refractivity contribution in [2.24, 2.45) is 0 Å². The van der Waals surface area contributed by atoms with Gasteiger partial charge in [-0.1, -0.05) is 53.6 Å². The first-order valence-electron chi connectivity index (χ1n) is 8.83. The fourth-order valence-electron chi connectivity index (χ4n) is 2.73. The monoisotopic (exact) mass is 476 g/mol. The Kier molecular flexibility index (Phi) is 5.96. The Balaban J connectivity index is 1.49. The molecule has 1 amide bonds. The summed E-state index contributed by atoms with van der Waals surface area (Å²) < 4.78 is 1.75. The van der Waals surface area contributed by atoms with Crippen molar-refractivity contribution < 1.29 is 4.79 Å². The van der Waals surface area contributed by atoms with E-state index in [9.17, 15) is 4.79 Å². The molecule has 30 heavy (non-hydrogen) atoms. The number of aryl methyl sites for hydroxylation is 1. The van der Waals surface area contributed by atoms with Crippen LogP contribution in [0.15, 0.2) is 42.5 Å². The van der Waals surface area contributed by atoms with Gasteiger partial charge in [-0.05, 0) is 42.5 Å². The van der Waals surface area contributed by atoms with Gasteiger partial charge in [-0.2, -0.15) is 9.61 Å². The second-order valence-corrected chi connectivity index (χ2v) is 8.39. The number of amides is 1. The molecule has 0 unspecified atom stereocenters. The van der Waals surface area contributed by atoms with Crippen LogP contribution in [0.25, 0.3) is 15.5 Å².